The van der Waals surface area contributed by atoms with Gasteiger partial charge in [-0.2, -0.15) is 17.0 Å². The summed E-state index contributed by atoms with van der Waals surface area (Å²) in [5.74, 6) is 0. The Morgan fingerprint density at radius 2 is 1.68 bits per heavy atom. The first-order valence-electron chi connectivity index (χ1n) is 6.44. The molecule has 0 bridgehead atoms. The molecule has 2 rings (SSSR count). The molecule has 1 fully saturated rings. The van der Waals surface area contributed by atoms with Gasteiger partial charge in [0, 0.05) is 39.8 Å². The molecule has 0 aliphatic carbocycles. The van der Waals surface area contributed by atoms with E-state index in [0.29, 0.717) is 19.6 Å². The van der Waals surface area contributed by atoms with Crippen LogP contribution in [0.1, 0.15) is 5.56 Å². The van der Waals surface area contributed by atoms with Crippen LogP contribution in [0.3, 0.4) is 0 Å². The lowest BCUT2D eigenvalue weighted by Gasteiger charge is -2.34. The maximum absolute atomic E-state index is 12.4. The number of hydrogen-bond donors (Lipinski definition) is 0. The Kier molecular flexibility index (Phi) is 4.57. The maximum Gasteiger partial charge on any atom is 0.282 e. The summed E-state index contributed by atoms with van der Waals surface area (Å²) in [6.07, 6.45) is 0. The molecular formula is C13H21N3O2S. The van der Waals surface area contributed by atoms with Crippen molar-refractivity contribution in [1.82, 2.24) is 13.5 Å². The predicted molar refractivity (Wildman–Crippen MR) is 75.9 cm³/mol. The summed E-state index contributed by atoms with van der Waals surface area (Å²) in [6, 6.07) is 9.65. The number of rotatable bonds is 4. The largest absolute Gasteiger partial charge is 0.304 e. The average molecular weight is 283 g/mol. The van der Waals surface area contributed by atoms with Crippen molar-refractivity contribution in [2.75, 3.05) is 40.3 Å². The molecule has 0 unspecified atom stereocenters. The molecule has 0 radical (unpaired) electrons. The van der Waals surface area contributed by atoms with Gasteiger partial charge in [0.2, 0.25) is 0 Å². The van der Waals surface area contributed by atoms with Gasteiger partial charge in [0.1, 0.15) is 0 Å². The summed E-state index contributed by atoms with van der Waals surface area (Å²) in [5, 5.41) is 0. The van der Waals surface area contributed by atoms with E-state index in [1.807, 2.05) is 37.4 Å². The zero-order valence-electron chi connectivity index (χ0n) is 11.5. The molecular weight excluding hydrogens is 262 g/mol. The lowest BCUT2D eigenvalue weighted by Crippen LogP contribution is -2.51. The van der Waals surface area contributed by atoms with Crippen LogP contribution in [0.15, 0.2) is 30.3 Å². The van der Waals surface area contributed by atoms with Crippen molar-refractivity contribution in [1.29, 1.82) is 0 Å². The summed E-state index contributed by atoms with van der Waals surface area (Å²) in [5.41, 5.74) is 1.00. The second-order valence-corrected chi connectivity index (χ2v) is 6.99. The summed E-state index contributed by atoms with van der Waals surface area (Å²) in [4.78, 5) is 2.14. The Morgan fingerprint density at radius 3 is 2.26 bits per heavy atom. The Balaban J connectivity index is 2.03. The van der Waals surface area contributed by atoms with E-state index in [4.69, 9.17) is 0 Å². The normalized spacial score (nSPS) is 18.9. The second-order valence-electron chi connectivity index (χ2n) is 4.95. The van der Waals surface area contributed by atoms with E-state index in [2.05, 4.69) is 4.90 Å². The molecule has 1 saturated heterocycles. The topological polar surface area (TPSA) is 43.9 Å². The van der Waals surface area contributed by atoms with Crippen molar-refractivity contribution in [2.45, 2.75) is 6.54 Å². The van der Waals surface area contributed by atoms with E-state index in [9.17, 15) is 8.42 Å². The molecule has 1 aliphatic heterocycles. The van der Waals surface area contributed by atoms with Gasteiger partial charge in [-0.1, -0.05) is 30.3 Å². The molecule has 19 heavy (non-hydrogen) atoms. The maximum atomic E-state index is 12.4. The molecule has 0 N–H and O–H groups in total. The monoisotopic (exact) mass is 283 g/mol. The molecule has 0 spiro atoms. The highest BCUT2D eigenvalue weighted by atomic mass is 32.2. The van der Waals surface area contributed by atoms with Crippen LogP contribution in [0.4, 0.5) is 0 Å². The summed E-state index contributed by atoms with van der Waals surface area (Å²) in [7, 11) is 0.307. The lowest BCUT2D eigenvalue weighted by atomic mass is 10.2. The van der Waals surface area contributed by atoms with Gasteiger partial charge in [0.25, 0.3) is 10.2 Å². The zero-order chi connectivity index (χ0) is 13.9. The zero-order valence-corrected chi connectivity index (χ0v) is 12.3. The summed E-state index contributed by atoms with van der Waals surface area (Å²) in [6.45, 7) is 3.13. The van der Waals surface area contributed by atoms with Gasteiger partial charge >= 0.3 is 0 Å². The van der Waals surface area contributed by atoms with Crippen molar-refractivity contribution < 1.29 is 8.42 Å². The third-order valence-corrected chi connectivity index (χ3v) is 5.37. The minimum Gasteiger partial charge on any atom is -0.304 e. The number of benzene rings is 1. The fourth-order valence-corrected chi connectivity index (χ4v) is 3.47. The summed E-state index contributed by atoms with van der Waals surface area (Å²) < 4.78 is 27.8. The fraction of sp³-hybridized carbons (Fsp3) is 0.538. The summed E-state index contributed by atoms with van der Waals surface area (Å²) >= 11 is 0. The molecule has 1 aliphatic rings. The van der Waals surface area contributed by atoms with E-state index in [0.717, 1.165) is 18.7 Å². The van der Waals surface area contributed by atoms with Gasteiger partial charge in [-0.3, -0.25) is 0 Å². The van der Waals surface area contributed by atoms with Crippen molar-refractivity contribution in [3.8, 4) is 0 Å². The Hall–Kier alpha value is -0.950. The van der Waals surface area contributed by atoms with Crippen molar-refractivity contribution in [3.63, 3.8) is 0 Å². The SMILES string of the molecule is CN1CCN(S(=O)(=O)N(C)Cc2ccccc2)CC1. The fourth-order valence-electron chi connectivity index (χ4n) is 2.14. The molecule has 0 saturated carbocycles. The van der Waals surface area contributed by atoms with Gasteiger partial charge in [0.05, 0.1) is 0 Å². The van der Waals surface area contributed by atoms with Crippen molar-refractivity contribution in [3.05, 3.63) is 35.9 Å². The first-order valence-corrected chi connectivity index (χ1v) is 7.84. The van der Waals surface area contributed by atoms with Gasteiger partial charge in [-0.05, 0) is 12.6 Å². The van der Waals surface area contributed by atoms with Crippen LogP contribution < -0.4 is 0 Å². The Labute approximate surface area is 115 Å². The van der Waals surface area contributed by atoms with Crippen LogP contribution in [0, 0.1) is 0 Å². The van der Waals surface area contributed by atoms with Crippen molar-refractivity contribution in [2.24, 2.45) is 0 Å². The quantitative estimate of drug-likeness (QED) is 0.813. The Bertz CT molecular complexity index is 496. The van der Waals surface area contributed by atoms with Gasteiger partial charge in [-0.25, -0.2) is 0 Å². The van der Waals surface area contributed by atoms with Crippen LogP contribution >= 0.6 is 0 Å². The first-order chi connectivity index (χ1) is 9.00. The molecule has 1 aromatic rings. The number of piperazine rings is 1. The molecule has 0 aromatic heterocycles. The smallest absolute Gasteiger partial charge is 0.282 e. The molecule has 6 heteroatoms. The number of hydrogen-bond acceptors (Lipinski definition) is 3. The van der Waals surface area contributed by atoms with E-state index in [1.54, 1.807) is 11.4 Å². The van der Waals surface area contributed by atoms with Gasteiger partial charge in [-0.15, -0.1) is 0 Å². The third-order valence-electron chi connectivity index (χ3n) is 3.43. The molecule has 1 heterocycles. The van der Waals surface area contributed by atoms with Crippen LogP contribution in [-0.4, -0.2) is 62.2 Å². The highest BCUT2D eigenvalue weighted by molar-refractivity contribution is 7.86. The molecule has 1 aromatic carbocycles. The molecule has 0 amide bonds. The minimum absolute atomic E-state index is 0.412. The van der Waals surface area contributed by atoms with Crippen molar-refractivity contribution >= 4 is 10.2 Å². The first kappa shape index (κ1) is 14.5. The minimum atomic E-state index is -3.34. The van der Waals surface area contributed by atoms with Crippen LogP contribution in [0.5, 0.6) is 0 Å². The van der Waals surface area contributed by atoms with E-state index in [1.165, 1.54) is 4.31 Å². The number of likely N-dealkylation sites (N-methyl/N-ethyl adjacent to an activating group) is 1. The third kappa shape index (κ3) is 3.54. The second kappa shape index (κ2) is 6.00. The predicted octanol–water partition coefficient (Wildman–Crippen LogP) is 0.611. The highest BCUT2D eigenvalue weighted by Gasteiger charge is 2.29. The van der Waals surface area contributed by atoms with Crippen LogP contribution in [0.2, 0.25) is 0 Å². The van der Waals surface area contributed by atoms with E-state index < -0.39 is 10.2 Å². The molecule has 0 atom stereocenters. The highest BCUT2D eigenvalue weighted by Crippen LogP contribution is 2.13. The lowest BCUT2D eigenvalue weighted by molar-refractivity contribution is 0.213. The van der Waals surface area contributed by atoms with E-state index in [-0.39, 0.29) is 0 Å². The Morgan fingerprint density at radius 1 is 1.11 bits per heavy atom. The average Bonchev–Trinajstić information content (AvgIpc) is 2.40. The van der Waals surface area contributed by atoms with E-state index >= 15 is 0 Å². The molecule has 5 nitrogen and oxygen atoms in total. The number of nitrogens with zero attached hydrogens (tertiary/aromatic N) is 3. The van der Waals surface area contributed by atoms with Gasteiger partial charge < -0.3 is 4.90 Å². The molecule has 106 valence electrons. The van der Waals surface area contributed by atoms with Crippen LogP contribution in [0.25, 0.3) is 0 Å². The van der Waals surface area contributed by atoms with Crippen LogP contribution in [-0.2, 0) is 16.8 Å². The van der Waals surface area contributed by atoms with Gasteiger partial charge in [0.15, 0.2) is 0 Å². The standard InChI is InChI=1S/C13H21N3O2S/c1-14-8-10-16(11-9-14)19(17,18)15(2)12-13-6-4-3-5-7-13/h3-7H,8-12H2,1-2H3.